The van der Waals surface area contributed by atoms with Crippen molar-refractivity contribution >= 4 is 10.9 Å². The van der Waals surface area contributed by atoms with Crippen LogP contribution >= 0.6 is 0 Å². The van der Waals surface area contributed by atoms with Crippen LogP contribution < -0.4 is 4.74 Å². The third-order valence-corrected chi connectivity index (χ3v) is 3.29. The number of H-pyrrole nitrogens is 1. The van der Waals surface area contributed by atoms with Crippen molar-refractivity contribution in [2.24, 2.45) is 0 Å². The highest BCUT2D eigenvalue weighted by Crippen LogP contribution is 2.29. The molecular weight excluding hydrogens is 293 g/mol. The van der Waals surface area contributed by atoms with Crippen molar-refractivity contribution in [2.45, 2.75) is 13.1 Å². The Morgan fingerprint density at radius 2 is 1.91 bits per heavy atom. The minimum absolute atomic E-state index is 0.140. The molecule has 0 aliphatic carbocycles. The van der Waals surface area contributed by atoms with Crippen LogP contribution in [0.15, 0.2) is 42.6 Å². The van der Waals surface area contributed by atoms with Crippen LogP contribution in [0.25, 0.3) is 22.2 Å². The Morgan fingerprint density at radius 1 is 1.14 bits per heavy atom. The standard InChI is InChI=1S/C16H13F3N2O/c1-10-15(22-9-16(17,18)19)7-6-14(21-10)12-8-20-13-5-3-2-4-11(12)13/h2-8,20H,9H2,1H3. The molecule has 3 aromatic rings. The Bertz CT molecular complexity index is 809. The molecule has 0 unspecified atom stereocenters. The summed E-state index contributed by atoms with van der Waals surface area (Å²) in [5.74, 6) is 0.140. The zero-order valence-electron chi connectivity index (χ0n) is 11.7. The van der Waals surface area contributed by atoms with Gasteiger partial charge in [0.15, 0.2) is 6.61 Å². The predicted octanol–water partition coefficient (Wildman–Crippen LogP) is 4.48. The monoisotopic (exact) mass is 306 g/mol. The lowest BCUT2D eigenvalue weighted by Gasteiger charge is -2.11. The number of alkyl halides is 3. The molecule has 1 aromatic carbocycles. The molecule has 0 bridgehead atoms. The number of aryl methyl sites for hydroxylation is 1. The number of ether oxygens (including phenoxy) is 1. The number of hydrogen-bond donors (Lipinski definition) is 1. The normalized spacial score (nSPS) is 11.8. The van der Waals surface area contributed by atoms with Gasteiger partial charge in [-0.3, -0.25) is 0 Å². The van der Waals surface area contributed by atoms with Crippen molar-refractivity contribution in [1.82, 2.24) is 9.97 Å². The zero-order chi connectivity index (χ0) is 15.7. The van der Waals surface area contributed by atoms with Crippen molar-refractivity contribution in [3.8, 4) is 17.0 Å². The molecule has 3 rings (SSSR count). The Hall–Kier alpha value is -2.50. The molecule has 0 radical (unpaired) electrons. The minimum atomic E-state index is -4.36. The van der Waals surface area contributed by atoms with Crippen molar-refractivity contribution in [3.05, 3.63) is 48.3 Å². The summed E-state index contributed by atoms with van der Waals surface area (Å²) >= 11 is 0. The van der Waals surface area contributed by atoms with Gasteiger partial charge in [0.1, 0.15) is 5.75 Å². The van der Waals surface area contributed by atoms with Crippen molar-refractivity contribution in [2.75, 3.05) is 6.61 Å². The van der Waals surface area contributed by atoms with Crippen LogP contribution in [-0.4, -0.2) is 22.8 Å². The van der Waals surface area contributed by atoms with Gasteiger partial charge in [-0.05, 0) is 25.1 Å². The molecule has 22 heavy (non-hydrogen) atoms. The highest BCUT2D eigenvalue weighted by Gasteiger charge is 2.28. The first-order valence-electron chi connectivity index (χ1n) is 6.68. The molecule has 0 aliphatic rings. The highest BCUT2D eigenvalue weighted by atomic mass is 19.4. The third kappa shape index (κ3) is 2.90. The number of aromatic nitrogens is 2. The second kappa shape index (κ2) is 5.36. The molecule has 0 fully saturated rings. The van der Waals surface area contributed by atoms with Crippen LogP contribution in [0.5, 0.6) is 5.75 Å². The molecule has 0 aliphatic heterocycles. The van der Waals surface area contributed by atoms with E-state index in [1.54, 1.807) is 13.0 Å². The molecule has 1 N–H and O–H groups in total. The summed E-state index contributed by atoms with van der Waals surface area (Å²) < 4.78 is 41.4. The summed E-state index contributed by atoms with van der Waals surface area (Å²) in [5.41, 5.74) is 3.00. The van der Waals surface area contributed by atoms with Gasteiger partial charge in [0.05, 0.1) is 11.4 Å². The van der Waals surface area contributed by atoms with Gasteiger partial charge in [-0.15, -0.1) is 0 Å². The van der Waals surface area contributed by atoms with Crippen molar-refractivity contribution < 1.29 is 17.9 Å². The first-order chi connectivity index (χ1) is 10.4. The number of aromatic amines is 1. The van der Waals surface area contributed by atoms with Gasteiger partial charge in [0.2, 0.25) is 0 Å². The Balaban J connectivity index is 1.92. The van der Waals surface area contributed by atoms with Gasteiger partial charge < -0.3 is 9.72 Å². The first kappa shape index (κ1) is 14.4. The number of halogens is 3. The summed E-state index contributed by atoms with van der Waals surface area (Å²) in [5, 5.41) is 1.01. The summed E-state index contributed by atoms with van der Waals surface area (Å²) in [7, 11) is 0. The van der Waals surface area contributed by atoms with Gasteiger partial charge in [0, 0.05) is 22.7 Å². The molecule has 3 nitrogen and oxygen atoms in total. The van der Waals surface area contributed by atoms with E-state index in [1.807, 2.05) is 30.5 Å². The van der Waals surface area contributed by atoms with Crippen LogP contribution in [0.2, 0.25) is 0 Å². The molecular formula is C16H13F3N2O. The topological polar surface area (TPSA) is 37.9 Å². The fraction of sp³-hybridized carbons (Fsp3) is 0.188. The smallest absolute Gasteiger partial charge is 0.422 e. The molecule has 2 aromatic heterocycles. The predicted molar refractivity (Wildman–Crippen MR) is 77.8 cm³/mol. The first-order valence-corrected chi connectivity index (χ1v) is 6.68. The lowest BCUT2D eigenvalue weighted by atomic mass is 10.1. The van der Waals surface area contributed by atoms with Crippen LogP contribution in [0.1, 0.15) is 5.69 Å². The fourth-order valence-corrected chi connectivity index (χ4v) is 2.29. The van der Waals surface area contributed by atoms with E-state index in [9.17, 15) is 13.2 Å². The Kier molecular flexibility index (Phi) is 3.52. The molecule has 0 saturated heterocycles. The van der Waals surface area contributed by atoms with E-state index in [0.717, 1.165) is 16.5 Å². The number of para-hydroxylation sites is 1. The summed E-state index contributed by atoms with van der Waals surface area (Å²) in [6.07, 6.45) is -2.52. The summed E-state index contributed by atoms with van der Waals surface area (Å²) in [6.45, 7) is 0.312. The average molecular weight is 306 g/mol. The van der Waals surface area contributed by atoms with Gasteiger partial charge in [-0.1, -0.05) is 18.2 Å². The van der Waals surface area contributed by atoms with E-state index >= 15 is 0 Å². The number of fused-ring (bicyclic) bond motifs is 1. The quantitative estimate of drug-likeness (QED) is 0.774. The number of nitrogens with zero attached hydrogens (tertiary/aromatic N) is 1. The summed E-state index contributed by atoms with van der Waals surface area (Å²) in [4.78, 5) is 7.50. The van der Waals surface area contributed by atoms with Gasteiger partial charge in [-0.2, -0.15) is 13.2 Å². The molecule has 6 heteroatoms. The van der Waals surface area contributed by atoms with E-state index in [-0.39, 0.29) is 5.75 Å². The second-order valence-corrected chi connectivity index (χ2v) is 4.93. The van der Waals surface area contributed by atoms with Gasteiger partial charge >= 0.3 is 6.18 Å². The van der Waals surface area contributed by atoms with E-state index in [4.69, 9.17) is 4.74 Å². The van der Waals surface area contributed by atoms with Crippen LogP contribution in [0.4, 0.5) is 13.2 Å². The van der Waals surface area contributed by atoms with Gasteiger partial charge in [-0.25, -0.2) is 4.98 Å². The van der Waals surface area contributed by atoms with Crippen LogP contribution in [0, 0.1) is 6.92 Å². The molecule has 114 valence electrons. The zero-order valence-corrected chi connectivity index (χ0v) is 11.7. The van der Waals surface area contributed by atoms with Crippen molar-refractivity contribution in [1.29, 1.82) is 0 Å². The number of benzene rings is 1. The van der Waals surface area contributed by atoms with Crippen LogP contribution in [0.3, 0.4) is 0 Å². The Labute approximate surface area is 124 Å². The third-order valence-electron chi connectivity index (χ3n) is 3.29. The molecule has 0 atom stereocenters. The SMILES string of the molecule is Cc1nc(-c2c[nH]c3ccccc23)ccc1OCC(F)(F)F. The minimum Gasteiger partial charge on any atom is -0.482 e. The average Bonchev–Trinajstić information content (AvgIpc) is 2.89. The van der Waals surface area contributed by atoms with E-state index in [0.29, 0.717) is 11.4 Å². The van der Waals surface area contributed by atoms with E-state index < -0.39 is 12.8 Å². The number of nitrogens with one attached hydrogen (secondary N) is 1. The highest BCUT2D eigenvalue weighted by molar-refractivity contribution is 5.94. The maximum Gasteiger partial charge on any atom is 0.422 e. The largest absolute Gasteiger partial charge is 0.482 e. The van der Waals surface area contributed by atoms with Crippen molar-refractivity contribution in [3.63, 3.8) is 0 Å². The fourth-order valence-electron chi connectivity index (χ4n) is 2.29. The number of hydrogen-bond acceptors (Lipinski definition) is 2. The number of rotatable bonds is 3. The van der Waals surface area contributed by atoms with Gasteiger partial charge in [0.25, 0.3) is 0 Å². The maximum absolute atomic E-state index is 12.2. The van der Waals surface area contributed by atoms with E-state index in [2.05, 4.69) is 9.97 Å². The molecule has 2 heterocycles. The number of pyridine rings is 1. The van der Waals surface area contributed by atoms with E-state index in [1.165, 1.54) is 6.07 Å². The molecule has 0 saturated carbocycles. The van der Waals surface area contributed by atoms with Crippen LogP contribution in [-0.2, 0) is 0 Å². The molecule has 0 amide bonds. The second-order valence-electron chi connectivity index (χ2n) is 4.93. The maximum atomic E-state index is 12.2. The molecule has 0 spiro atoms. The lowest BCUT2D eigenvalue weighted by molar-refractivity contribution is -0.153. The Morgan fingerprint density at radius 3 is 2.64 bits per heavy atom. The summed E-state index contributed by atoms with van der Waals surface area (Å²) in [6, 6.07) is 10.9. The lowest BCUT2D eigenvalue weighted by Crippen LogP contribution is -2.19.